The van der Waals surface area contributed by atoms with Crippen LogP contribution in [0.15, 0.2) is 0 Å². The summed E-state index contributed by atoms with van der Waals surface area (Å²) >= 11 is 0. The number of hydrogen-bond donors (Lipinski definition) is 0. The molecular formula is C21H38O2. The summed E-state index contributed by atoms with van der Waals surface area (Å²) in [6, 6.07) is 0. The van der Waals surface area contributed by atoms with Gasteiger partial charge in [-0.25, -0.2) is 0 Å². The average molecular weight is 323 g/mol. The van der Waals surface area contributed by atoms with Gasteiger partial charge in [-0.2, -0.15) is 0 Å². The van der Waals surface area contributed by atoms with Crippen LogP contribution < -0.4 is 0 Å². The van der Waals surface area contributed by atoms with Crippen molar-refractivity contribution < 1.29 is 9.47 Å². The largest absolute Gasteiger partial charge is 0.348 e. The summed E-state index contributed by atoms with van der Waals surface area (Å²) in [4.78, 5) is 0. The molecule has 2 aliphatic carbocycles. The third-order valence-corrected chi connectivity index (χ3v) is 7.14. The molecule has 1 saturated heterocycles. The highest BCUT2D eigenvalue weighted by Crippen LogP contribution is 2.61. The number of ether oxygens (including phenoxy) is 2. The van der Waals surface area contributed by atoms with Crippen LogP contribution in [0.1, 0.15) is 73.6 Å². The van der Waals surface area contributed by atoms with E-state index in [9.17, 15) is 0 Å². The van der Waals surface area contributed by atoms with E-state index in [2.05, 4.69) is 41.5 Å². The van der Waals surface area contributed by atoms with Gasteiger partial charge in [-0.1, -0.05) is 41.0 Å². The van der Waals surface area contributed by atoms with Crippen molar-refractivity contribution in [1.82, 2.24) is 0 Å². The molecule has 0 spiro atoms. The van der Waals surface area contributed by atoms with Crippen molar-refractivity contribution in [1.29, 1.82) is 0 Å². The molecule has 7 atom stereocenters. The molecule has 134 valence electrons. The number of rotatable bonds is 6. The molecule has 2 nitrogen and oxygen atoms in total. The zero-order valence-corrected chi connectivity index (χ0v) is 16.2. The van der Waals surface area contributed by atoms with Crippen LogP contribution in [0.5, 0.6) is 0 Å². The van der Waals surface area contributed by atoms with E-state index in [1.807, 2.05) is 0 Å². The van der Waals surface area contributed by atoms with Gasteiger partial charge in [0.25, 0.3) is 0 Å². The fraction of sp³-hybridized carbons (Fsp3) is 1.00. The van der Waals surface area contributed by atoms with Crippen LogP contribution in [0, 0.1) is 41.4 Å². The molecule has 1 heterocycles. The van der Waals surface area contributed by atoms with Gasteiger partial charge in [0.1, 0.15) is 0 Å². The summed E-state index contributed by atoms with van der Waals surface area (Å²) < 4.78 is 12.6. The molecule has 1 aliphatic heterocycles. The maximum Gasteiger partial charge on any atom is 0.166 e. The molecule has 3 rings (SSSR count). The van der Waals surface area contributed by atoms with Crippen LogP contribution >= 0.6 is 0 Å². The van der Waals surface area contributed by atoms with Crippen molar-refractivity contribution in [2.75, 3.05) is 6.61 Å². The van der Waals surface area contributed by atoms with Gasteiger partial charge in [0.05, 0.1) is 12.7 Å². The quantitative estimate of drug-likeness (QED) is 0.642. The predicted octanol–water partition coefficient (Wildman–Crippen LogP) is 5.51. The van der Waals surface area contributed by atoms with Crippen LogP contribution in [0.3, 0.4) is 0 Å². The average Bonchev–Trinajstić information content (AvgIpc) is 3.16. The van der Waals surface area contributed by atoms with E-state index in [1.54, 1.807) is 0 Å². The van der Waals surface area contributed by atoms with E-state index in [-0.39, 0.29) is 5.79 Å². The Bertz CT molecular complexity index is 405. The molecule has 2 heteroatoms. The van der Waals surface area contributed by atoms with E-state index < -0.39 is 0 Å². The Morgan fingerprint density at radius 1 is 1.00 bits per heavy atom. The number of fused-ring (bicyclic) bond motifs is 2. The van der Waals surface area contributed by atoms with Gasteiger partial charge in [0.15, 0.2) is 5.79 Å². The zero-order chi connectivity index (χ0) is 16.8. The first kappa shape index (κ1) is 17.7. The van der Waals surface area contributed by atoms with Crippen LogP contribution in [-0.4, -0.2) is 18.5 Å². The molecule has 23 heavy (non-hydrogen) atoms. The third-order valence-electron chi connectivity index (χ3n) is 7.14. The molecule has 2 bridgehead atoms. The highest BCUT2D eigenvalue weighted by atomic mass is 16.7. The smallest absolute Gasteiger partial charge is 0.166 e. The van der Waals surface area contributed by atoms with Gasteiger partial charge in [0.2, 0.25) is 0 Å². The monoisotopic (exact) mass is 322 g/mol. The first-order chi connectivity index (χ1) is 10.9. The second-order valence-corrected chi connectivity index (χ2v) is 9.41. The lowest BCUT2D eigenvalue weighted by molar-refractivity contribution is -0.168. The summed E-state index contributed by atoms with van der Waals surface area (Å²) in [5.74, 6) is 5.69. The lowest BCUT2D eigenvalue weighted by Gasteiger charge is -2.42. The first-order valence-electron chi connectivity index (χ1n) is 10.2. The van der Waals surface area contributed by atoms with E-state index >= 15 is 0 Å². The Balaban J connectivity index is 1.68. The van der Waals surface area contributed by atoms with Crippen molar-refractivity contribution in [3.05, 3.63) is 0 Å². The Kier molecular flexibility index (Phi) is 5.14. The molecular weight excluding hydrogens is 284 g/mol. The number of hydrogen-bond acceptors (Lipinski definition) is 2. The molecule has 0 amide bonds. The predicted molar refractivity (Wildman–Crippen MR) is 95.1 cm³/mol. The van der Waals surface area contributed by atoms with Crippen LogP contribution in [0.2, 0.25) is 0 Å². The SMILES string of the molecule is CCCCC1(C)OCC(C2CC3CC2C(C(C)C)C3C(C)C)O1. The van der Waals surface area contributed by atoms with Crippen LogP contribution in [0.4, 0.5) is 0 Å². The highest BCUT2D eigenvalue weighted by molar-refractivity contribution is 5.04. The van der Waals surface area contributed by atoms with E-state index in [0.717, 1.165) is 54.5 Å². The van der Waals surface area contributed by atoms with E-state index in [4.69, 9.17) is 9.47 Å². The molecule has 7 unspecified atom stereocenters. The Morgan fingerprint density at radius 3 is 2.26 bits per heavy atom. The van der Waals surface area contributed by atoms with Gasteiger partial charge < -0.3 is 9.47 Å². The van der Waals surface area contributed by atoms with Gasteiger partial charge in [-0.05, 0) is 67.6 Å². The molecule has 0 N–H and O–H groups in total. The van der Waals surface area contributed by atoms with Crippen LogP contribution in [-0.2, 0) is 9.47 Å². The maximum absolute atomic E-state index is 6.49. The Labute approximate surface area is 143 Å². The normalized spacial score (nSPS) is 46.4. The van der Waals surface area contributed by atoms with Crippen molar-refractivity contribution in [3.63, 3.8) is 0 Å². The molecule has 0 aromatic heterocycles. The Hall–Kier alpha value is -0.0800. The topological polar surface area (TPSA) is 18.5 Å². The second-order valence-electron chi connectivity index (χ2n) is 9.41. The summed E-state index contributed by atoms with van der Waals surface area (Å²) in [5.41, 5.74) is 0. The van der Waals surface area contributed by atoms with E-state index in [1.165, 1.54) is 25.7 Å². The summed E-state index contributed by atoms with van der Waals surface area (Å²) in [6.07, 6.45) is 6.64. The van der Waals surface area contributed by atoms with E-state index in [0.29, 0.717) is 6.10 Å². The molecule has 3 fully saturated rings. The molecule has 0 radical (unpaired) electrons. The second kappa shape index (κ2) is 6.67. The van der Waals surface area contributed by atoms with Crippen LogP contribution in [0.25, 0.3) is 0 Å². The van der Waals surface area contributed by atoms with Crippen molar-refractivity contribution in [2.45, 2.75) is 85.5 Å². The first-order valence-corrected chi connectivity index (χ1v) is 10.2. The highest BCUT2D eigenvalue weighted by Gasteiger charge is 2.57. The summed E-state index contributed by atoms with van der Waals surface area (Å²) in [7, 11) is 0. The molecule has 0 aromatic carbocycles. The van der Waals surface area contributed by atoms with Crippen molar-refractivity contribution in [2.24, 2.45) is 41.4 Å². The lowest BCUT2D eigenvalue weighted by atomic mass is 9.65. The van der Waals surface area contributed by atoms with Crippen molar-refractivity contribution in [3.8, 4) is 0 Å². The van der Waals surface area contributed by atoms with Gasteiger partial charge >= 0.3 is 0 Å². The minimum atomic E-state index is -0.312. The fourth-order valence-corrected chi connectivity index (χ4v) is 6.34. The molecule has 2 saturated carbocycles. The molecule has 3 aliphatic rings. The Morgan fingerprint density at radius 2 is 1.65 bits per heavy atom. The van der Waals surface area contributed by atoms with Gasteiger partial charge in [-0.3, -0.25) is 0 Å². The minimum absolute atomic E-state index is 0.312. The zero-order valence-electron chi connectivity index (χ0n) is 16.2. The summed E-state index contributed by atoms with van der Waals surface area (Å²) in [5, 5.41) is 0. The van der Waals surface area contributed by atoms with Crippen molar-refractivity contribution >= 4 is 0 Å². The maximum atomic E-state index is 6.49. The summed E-state index contributed by atoms with van der Waals surface area (Å²) in [6.45, 7) is 15.0. The minimum Gasteiger partial charge on any atom is -0.348 e. The van der Waals surface area contributed by atoms with Gasteiger partial charge in [0, 0.05) is 6.42 Å². The lowest BCUT2D eigenvalue weighted by Crippen LogP contribution is -2.40. The fourth-order valence-electron chi connectivity index (χ4n) is 6.34. The standard InChI is InChI=1S/C21H38O2/c1-7-8-9-21(6)22-12-18(23-21)16-10-15-11-17(16)20(14(4)5)19(15)13(2)3/h13-20H,7-12H2,1-6H3. The van der Waals surface area contributed by atoms with Gasteiger partial charge in [-0.15, -0.1) is 0 Å². The third kappa shape index (κ3) is 3.23. The number of unbranched alkanes of at least 4 members (excludes halogenated alkanes) is 1. The molecule has 0 aromatic rings.